The van der Waals surface area contributed by atoms with Crippen molar-refractivity contribution in [1.82, 2.24) is 10.6 Å². The van der Waals surface area contributed by atoms with Crippen molar-refractivity contribution in [1.29, 1.82) is 0 Å². The van der Waals surface area contributed by atoms with Crippen LogP contribution in [0.2, 0.25) is 0 Å². The number of ether oxygens (including phenoxy) is 2. The highest BCUT2D eigenvalue weighted by atomic mass is 16.5. The third-order valence-electron chi connectivity index (χ3n) is 3.49. The van der Waals surface area contributed by atoms with Crippen LogP contribution in [0.4, 0.5) is 10.5 Å². The quantitative estimate of drug-likeness (QED) is 0.734. The van der Waals surface area contributed by atoms with Crippen molar-refractivity contribution in [3.63, 3.8) is 0 Å². The van der Waals surface area contributed by atoms with E-state index in [0.717, 1.165) is 0 Å². The Kier molecular flexibility index (Phi) is 5.93. The number of esters is 1. The number of para-hydroxylation sites is 2. The number of carbonyl (C=O) groups excluding carboxylic acids is 4. The maximum Gasteiger partial charge on any atom is 0.321 e. The lowest BCUT2D eigenvalue weighted by molar-refractivity contribution is -0.154. The first-order valence-corrected chi connectivity index (χ1v) is 7.66. The molecule has 1 atom stereocenters. The lowest BCUT2D eigenvalue weighted by Crippen LogP contribution is -2.44. The molecule has 0 aromatic heterocycles. The van der Waals surface area contributed by atoms with Crippen molar-refractivity contribution in [2.75, 3.05) is 25.1 Å². The summed E-state index contributed by atoms with van der Waals surface area (Å²) in [6.07, 6.45) is -1.23. The van der Waals surface area contributed by atoms with Gasteiger partial charge in [0, 0.05) is 13.6 Å². The fourth-order valence-corrected chi connectivity index (χ4v) is 2.19. The summed E-state index contributed by atoms with van der Waals surface area (Å²) < 4.78 is 10.3. The highest BCUT2D eigenvalue weighted by molar-refractivity contribution is 5.98. The first-order valence-electron chi connectivity index (χ1n) is 7.66. The van der Waals surface area contributed by atoms with Gasteiger partial charge in [-0.15, -0.1) is 0 Å². The van der Waals surface area contributed by atoms with Gasteiger partial charge in [0.25, 0.3) is 11.8 Å². The molecule has 1 aliphatic heterocycles. The summed E-state index contributed by atoms with van der Waals surface area (Å²) in [6, 6.07) is 6.31. The number of nitrogens with one attached hydrogen (secondary N) is 2. The van der Waals surface area contributed by atoms with E-state index in [1.54, 1.807) is 24.3 Å². The number of nitrogens with zero attached hydrogens (tertiary/aromatic N) is 1. The number of urea groups is 1. The van der Waals surface area contributed by atoms with E-state index in [1.807, 2.05) is 5.32 Å². The molecule has 0 unspecified atom stereocenters. The summed E-state index contributed by atoms with van der Waals surface area (Å²) >= 11 is 0. The Balaban J connectivity index is 1.89. The molecule has 0 spiro atoms. The van der Waals surface area contributed by atoms with Gasteiger partial charge in [0.05, 0.1) is 12.1 Å². The van der Waals surface area contributed by atoms with E-state index in [4.69, 9.17) is 9.47 Å². The number of carbonyl (C=O) groups is 4. The minimum absolute atomic E-state index is 0.0990. The third kappa shape index (κ3) is 4.69. The number of amides is 4. The molecule has 4 amide bonds. The SMILES string of the molecule is CNC(=O)NC(=O)[C@@H](C)OC(=O)CCN1C(=O)COc2ccccc21. The minimum atomic E-state index is -1.13. The fraction of sp³-hybridized carbons (Fsp3) is 0.375. The Bertz CT molecular complexity index is 690. The van der Waals surface area contributed by atoms with Gasteiger partial charge in [-0.3, -0.25) is 19.7 Å². The average molecular weight is 349 g/mol. The monoisotopic (exact) mass is 349 g/mol. The number of benzene rings is 1. The van der Waals surface area contributed by atoms with Crippen molar-refractivity contribution in [3.05, 3.63) is 24.3 Å². The molecule has 25 heavy (non-hydrogen) atoms. The number of anilines is 1. The summed E-state index contributed by atoms with van der Waals surface area (Å²) in [6.45, 7) is 1.35. The molecule has 0 aliphatic carbocycles. The lowest BCUT2D eigenvalue weighted by Gasteiger charge is -2.29. The van der Waals surface area contributed by atoms with E-state index in [1.165, 1.54) is 18.9 Å². The van der Waals surface area contributed by atoms with Crippen LogP contribution in [-0.2, 0) is 19.1 Å². The third-order valence-corrected chi connectivity index (χ3v) is 3.49. The topological polar surface area (TPSA) is 114 Å². The van der Waals surface area contributed by atoms with Crippen molar-refractivity contribution in [2.45, 2.75) is 19.4 Å². The van der Waals surface area contributed by atoms with Gasteiger partial charge < -0.3 is 19.7 Å². The van der Waals surface area contributed by atoms with E-state index in [0.29, 0.717) is 11.4 Å². The molecular weight excluding hydrogens is 330 g/mol. The largest absolute Gasteiger partial charge is 0.482 e. The van der Waals surface area contributed by atoms with Gasteiger partial charge in [0.2, 0.25) is 0 Å². The lowest BCUT2D eigenvalue weighted by atomic mass is 10.2. The summed E-state index contributed by atoms with van der Waals surface area (Å²) in [5.74, 6) is -1.09. The molecule has 0 fully saturated rings. The maximum atomic E-state index is 12.0. The zero-order chi connectivity index (χ0) is 18.4. The Labute approximate surface area is 144 Å². The van der Waals surface area contributed by atoms with Gasteiger partial charge in [-0.25, -0.2) is 4.79 Å². The number of hydrogen-bond acceptors (Lipinski definition) is 6. The number of imide groups is 1. The maximum absolute atomic E-state index is 12.0. The molecule has 0 bridgehead atoms. The van der Waals surface area contributed by atoms with Gasteiger partial charge in [0.15, 0.2) is 12.7 Å². The smallest absolute Gasteiger partial charge is 0.321 e. The predicted molar refractivity (Wildman–Crippen MR) is 87.1 cm³/mol. The molecule has 0 saturated heterocycles. The number of rotatable bonds is 5. The van der Waals surface area contributed by atoms with Gasteiger partial charge in [0.1, 0.15) is 5.75 Å². The second-order valence-corrected chi connectivity index (χ2v) is 5.25. The molecule has 1 aliphatic rings. The van der Waals surface area contributed by atoms with Crippen LogP contribution in [0, 0.1) is 0 Å². The number of fused-ring (bicyclic) bond motifs is 1. The zero-order valence-electron chi connectivity index (χ0n) is 13.9. The van der Waals surface area contributed by atoms with E-state index >= 15 is 0 Å². The molecule has 9 nitrogen and oxygen atoms in total. The summed E-state index contributed by atoms with van der Waals surface area (Å²) in [5, 5.41) is 4.23. The van der Waals surface area contributed by atoms with Crippen LogP contribution in [-0.4, -0.2) is 50.1 Å². The highest BCUT2D eigenvalue weighted by Crippen LogP contribution is 2.31. The predicted octanol–water partition coefficient (Wildman–Crippen LogP) is 0.189. The minimum Gasteiger partial charge on any atom is -0.482 e. The van der Waals surface area contributed by atoms with Gasteiger partial charge in [-0.05, 0) is 19.1 Å². The fourth-order valence-electron chi connectivity index (χ4n) is 2.19. The zero-order valence-corrected chi connectivity index (χ0v) is 13.9. The van der Waals surface area contributed by atoms with Gasteiger partial charge in [-0.2, -0.15) is 0 Å². The Hall–Kier alpha value is -3.10. The molecule has 0 radical (unpaired) electrons. The molecule has 0 saturated carbocycles. The van der Waals surface area contributed by atoms with Crippen LogP contribution in [0.25, 0.3) is 0 Å². The van der Waals surface area contributed by atoms with Crippen LogP contribution in [0.5, 0.6) is 5.75 Å². The standard InChI is InChI=1S/C16H19N3O6/c1-10(15(22)18-16(23)17-2)25-14(21)7-8-19-11-5-3-4-6-12(11)24-9-13(19)20/h3-6,10H,7-9H2,1-2H3,(H2,17,18,22,23)/t10-/m1/s1. The molecule has 9 heteroatoms. The first-order chi connectivity index (χ1) is 11.9. The normalized spacial score (nSPS) is 14.0. The van der Waals surface area contributed by atoms with Crippen LogP contribution in [0.3, 0.4) is 0 Å². The van der Waals surface area contributed by atoms with Gasteiger partial charge >= 0.3 is 12.0 Å². The number of hydrogen-bond donors (Lipinski definition) is 2. The van der Waals surface area contributed by atoms with E-state index in [2.05, 4.69) is 5.32 Å². The van der Waals surface area contributed by atoms with Crippen molar-refractivity contribution in [3.8, 4) is 5.75 Å². The molecule has 1 heterocycles. The Morgan fingerprint density at radius 3 is 2.76 bits per heavy atom. The van der Waals surface area contributed by atoms with Crippen LogP contribution in [0.15, 0.2) is 24.3 Å². The Morgan fingerprint density at radius 2 is 2.04 bits per heavy atom. The highest BCUT2D eigenvalue weighted by Gasteiger charge is 2.26. The summed E-state index contributed by atoms with van der Waals surface area (Å²) in [5.41, 5.74) is 0.581. The van der Waals surface area contributed by atoms with Gasteiger partial charge in [-0.1, -0.05) is 12.1 Å². The molecule has 1 aromatic rings. The van der Waals surface area contributed by atoms with E-state index < -0.39 is 24.0 Å². The molecule has 134 valence electrons. The molecule has 2 rings (SSSR count). The van der Waals surface area contributed by atoms with Crippen molar-refractivity contribution < 1.29 is 28.7 Å². The van der Waals surface area contributed by atoms with Crippen LogP contribution in [0.1, 0.15) is 13.3 Å². The summed E-state index contributed by atoms with van der Waals surface area (Å²) in [7, 11) is 1.36. The molecular formula is C16H19N3O6. The first kappa shape index (κ1) is 18.2. The van der Waals surface area contributed by atoms with Crippen LogP contribution < -0.4 is 20.3 Å². The van der Waals surface area contributed by atoms with E-state index in [9.17, 15) is 19.2 Å². The van der Waals surface area contributed by atoms with Crippen LogP contribution >= 0.6 is 0 Å². The van der Waals surface area contributed by atoms with Crippen molar-refractivity contribution in [2.24, 2.45) is 0 Å². The van der Waals surface area contributed by atoms with Crippen molar-refractivity contribution >= 4 is 29.5 Å². The average Bonchev–Trinajstić information content (AvgIpc) is 2.60. The molecule has 2 N–H and O–H groups in total. The summed E-state index contributed by atoms with van der Waals surface area (Å²) in [4.78, 5) is 48.0. The second-order valence-electron chi connectivity index (χ2n) is 5.25. The Morgan fingerprint density at radius 1 is 1.32 bits per heavy atom. The molecule has 1 aromatic carbocycles. The second kappa shape index (κ2) is 8.13. The van der Waals surface area contributed by atoms with E-state index in [-0.39, 0.29) is 25.5 Å².